The number of rotatable bonds is 4. The lowest BCUT2D eigenvalue weighted by atomic mass is 10.1. The number of hydrogen-bond donors (Lipinski definition) is 1. The molecule has 0 radical (unpaired) electrons. The lowest BCUT2D eigenvalue weighted by molar-refractivity contribution is -0.928. The maximum Gasteiger partial charge on any atom is 0.202 e. The Balaban J connectivity index is 1.76. The maximum absolute atomic E-state index is 5.53. The normalized spacial score (nSPS) is 16.6. The van der Waals surface area contributed by atoms with E-state index in [1.807, 2.05) is 11.7 Å². The fourth-order valence-corrected chi connectivity index (χ4v) is 3.69. The maximum atomic E-state index is 5.53. The quantitative estimate of drug-likeness (QED) is 0.869. The number of quaternary nitrogens is 1. The van der Waals surface area contributed by atoms with Gasteiger partial charge in [0.05, 0.1) is 13.1 Å². The Kier molecular flexibility index (Phi) is 4.33. The van der Waals surface area contributed by atoms with Gasteiger partial charge in [0.2, 0.25) is 4.77 Å². The molecular weight excluding hydrogens is 288 g/mol. The minimum atomic E-state index is 0.842. The second-order valence-corrected chi connectivity index (χ2v) is 6.88. The Labute approximate surface area is 128 Å². The van der Waals surface area contributed by atoms with Crippen molar-refractivity contribution in [1.29, 1.82) is 0 Å². The monoisotopic (exact) mass is 309 g/mol. The number of thiophene rings is 1. The van der Waals surface area contributed by atoms with E-state index in [9.17, 15) is 0 Å². The van der Waals surface area contributed by atoms with Gasteiger partial charge in [-0.05, 0) is 42.9 Å². The number of hydrogen-bond acceptors (Lipinski definition) is 3. The Bertz CT molecular complexity index is 606. The van der Waals surface area contributed by atoms with Crippen molar-refractivity contribution in [1.82, 2.24) is 14.3 Å². The highest BCUT2D eigenvalue weighted by Gasteiger charge is 2.16. The van der Waals surface area contributed by atoms with E-state index >= 15 is 0 Å². The van der Waals surface area contributed by atoms with Gasteiger partial charge in [0.25, 0.3) is 0 Å². The molecule has 2 aromatic heterocycles. The van der Waals surface area contributed by atoms with E-state index in [0.29, 0.717) is 0 Å². The van der Waals surface area contributed by atoms with E-state index in [4.69, 9.17) is 17.3 Å². The number of likely N-dealkylation sites (tertiary alicyclic amines) is 1. The predicted octanol–water partition coefficient (Wildman–Crippen LogP) is 1.63. The third-order valence-electron chi connectivity index (χ3n) is 3.98. The predicted molar refractivity (Wildman–Crippen MR) is 83.7 cm³/mol. The van der Waals surface area contributed by atoms with Crippen molar-refractivity contribution in [3.8, 4) is 0 Å². The molecule has 0 spiro atoms. The van der Waals surface area contributed by atoms with Crippen LogP contribution in [0.5, 0.6) is 0 Å². The Morgan fingerprint density at radius 2 is 2.15 bits per heavy atom. The molecule has 1 aliphatic rings. The zero-order chi connectivity index (χ0) is 13.9. The van der Waals surface area contributed by atoms with Crippen molar-refractivity contribution in [3.63, 3.8) is 0 Å². The highest BCUT2D eigenvalue weighted by Crippen LogP contribution is 2.13. The summed E-state index contributed by atoms with van der Waals surface area (Å²) in [4.78, 5) is 2.94. The third kappa shape index (κ3) is 3.02. The van der Waals surface area contributed by atoms with E-state index in [1.165, 1.54) is 37.2 Å². The van der Waals surface area contributed by atoms with E-state index in [-0.39, 0.29) is 0 Å². The molecule has 1 saturated heterocycles. The summed E-state index contributed by atoms with van der Waals surface area (Å²) < 4.78 is 4.91. The standard InChI is InChI=1S/C14H20N4S2/c1-16-13(10-12-6-5-9-20-12)15-18(14(16)19)11-17-7-3-2-4-8-17/h5-6,9H,2-4,7-8,10-11H2,1H3/p+1. The van der Waals surface area contributed by atoms with Gasteiger partial charge in [-0.1, -0.05) is 6.07 Å². The first-order chi connectivity index (χ1) is 9.74. The summed E-state index contributed by atoms with van der Waals surface area (Å²) in [7, 11) is 2.03. The topological polar surface area (TPSA) is 27.2 Å². The van der Waals surface area contributed by atoms with Gasteiger partial charge in [-0.2, -0.15) is 9.78 Å². The van der Waals surface area contributed by atoms with Crippen molar-refractivity contribution < 1.29 is 4.90 Å². The molecule has 20 heavy (non-hydrogen) atoms. The Morgan fingerprint density at radius 3 is 2.85 bits per heavy atom. The summed E-state index contributed by atoms with van der Waals surface area (Å²) in [5.41, 5.74) is 0. The molecule has 1 fully saturated rings. The van der Waals surface area contributed by atoms with Crippen LogP contribution in [0, 0.1) is 4.77 Å². The summed E-state index contributed by atoms with van der Waals surface area (Å²) >= 11 is 7.31. The molecule has 0 aliphatic carbocycles. The van der Waals surface area contributed by atoms with Crippen molar-refractivity contribution in [2.45, 2.75) is 32.4 Å². The molecule has 1 N–H and O–H groups in total. The summed E-state index contributed by atoms with van der Waals surface area (Å²) in [6.45, 7) is 3.41. The number of piperidine rings is 1. The van der Waals surface area contributed by atoms with Crippen LogP contribution >= 0.6 is 23.6 Å². The van der Waals surface area contributed by atoms with Gasteiger partial charge in [-0.3, -0.25) is 0 Å². The van der Waals surface area contributed by atoms with Gasteiger partial charge in [-0.15, -0.1) is 11.3 Å². The molecule has 0 saturated carbocycles. The molecule has 0 atom stereocenters. The first kappa shape index (κ1) is 14.0. The van der Waals surface area contributed by atoms with E-state index < -0.39 is 0 Å². The minimum absolute atomic E-state index is 0.842. The highest BCUT2D eigenvalue weighted by atomic mass is 32.1. The molecule has 3 rings (SSSR count). The van der Waals surface area contributed by atoms with Gasteiger partial charge in [0.15, 0.2) is 6.67 Å². The van der Waals surface area contributed by atoms with Crippen LogP contribution in [0.1, 0.15) is 30.0 Å². The molecule has 3 heterocycles. The van der Waals surface area contributed by atoms with Crippen LogP contribution in [-0.4, -0.2) is 27.4 Å². The number of nitrogens with one attached hydrogen (secondary N) is 1. The van der Waals surface area contributed by atoms with Crippen molar-refractivity contribution in [2.24, 2.45) is 7.05 Å². The molecule has 108 valence electrons. The fourth-order valence-electron chi connectivity index (χ4n) is 2.78. The van der Waals surface area contributed by atoms with E-state index in [2.05, 4.69) is 22.1 Å². The van der Waals surface area contributed by atoms with Gasteiger partial charge in [-0.25, -0.2) is 0 Å². The van der Waals surface area contributed by atoms with Crippen LogP contribution in [0.2, 0.25) is 0 Å². The van der Waals surface area contributed by atoms with Crippen molar-refractivity contribution in [3.05, 3.63) is 33.0 Å². The molecule has 0 amide bonds. The molecule has 1 aliphatic heterocycles. The Morgan fingerprint density at radius 1 is 1.35 bits per heavy atom. The average Bonchev–Trinajstić information content (AvgIpc) is 3.06. The number of aromatic nitrogens is 3. The smallest absolute Gasteiger partial charge is 0.202 e. The lowest BCUT2D eigenvalue weighted by Gasteiger charge is -2.22. The SMILES string of the molecule is Cn1c(Cc2cccs2)nn(C[NH+]2CCCCC2)c1=S. The first-order valence-electron chi connectivity index (χ1n) is 7.22. The summed E-state index contributed by atoms with van der Waals surface area (Å²) in [5.74, 6) is 1.06. The fraction of sp³-hybridized carbons (Fsp3) is 0.571. The second-order valence-electron chi connectivity index (χ2n) is 5.48. The molecule has 0 unspecified atom stereocenters. The highest BCUT2D eigenvalue weighted by molar-refractivity contribution is 7.71. The minimum Gasteiger partial charge on any atom is -0.316 e. The number of nitrogens with zero attached hydrogens (tertiary/aromatic N) is 3. The van der Waals surface area contributed by atoms with E-state index in [1.54, 1.807) is 16.2 Å². The second kappa shape index (κ2) is 6.20. The van der Waals surface area contributed by atoms with Crippen LogP contribution in [0.4, 0.5) is 0 Å². The lowest BCUT2D eigenvalue weighted by Crippen LogP contribution is -3.12. The van der Waals surface area contributed by atoms with Crippen LogP contribution in [0.15, 0.2) is 17.5 Å². The van der Waals surface area contributed by atoms with Crippen LogP contribution in [0.25, 0.3) is 0 Å². The van der Waals surface area contributed by atoms with Gasteiger partial charge >= 0.3 is 0 Å². The van der Waals surface area contributed by atoms with Crippen LogP contribution in [0.3, 0.4) is 0 Å². The molecular formula is C14H21N4S2+. The van der Waals surface area contributed by atoms with Gasteiger partial charge in [0.1, 0.15) is 5.82 Å². The third-order valence-corrected chi connectivity index (χ3v) is 5.34. The summed E-state index contributed by atoms with van der Waals surface area (Å²) in [6, 6.07) is 4.24. The van der Waals surface area contributed by atoms with E-state index in [0.717, 1.165) is 23.7 Å². The zero-order valence-electron chi connectivity index (χ0n) is 11.8. The molecule has 0 bridgehead atoms. The molecule has 2 aromatic rings. The van der Waals surface area contributed by atoms with Gasteiger partial charge in [0, 0.05) is 18.3 Å². The van der Waals surface area contributed by atoms with Crippen molar-refractivity contribution >= 4 is 23.6 Å². The average molecular weight is 309 g/mol. The zero-order valence-corrected chi connectivity index (χ0v) is 13.5. The Hall–Kier alpha value is -0.980. The van der Waals surface area contributed by atoms with Crippen LogP contribution in [-0.2, 0) is 20.1 Å². The first-order valence-corrected chi connectivity index (χ1v) is 8.51. The summed E-state index contributed by atoms with van der Waals surface area (Å²) in [6.07, 6.45) is 4.91. The largest absolute Gasteiger partial charge is 0.316 e. The van der Waals surface area contributed by atoms with Crippen molar-refractivity contribution in [2.75, 3.05) is 13.1 Å². The van der Waals surface area contributed by atoms with Gasteiger partial charge < -0.3 is 9.47 Å². The van der Waals surface area contributed by atoms with Crippen LogP contribution < -0.4 is 4.90 Å². The summed E-state index contributed by atoms with van der Waals surface area (Å²) in [5, 5.41) is 6.85. The molecule has 4 nitrogen and oxygen atoms in total. The molecule has 6 heteroatoms. The molecule has 0 aromatic carbocycles.